The molecule has 2 aromatic rings. The molecule has 1 aliphatic heterocycles. The van der Waals surface area contributed by atoms with E-state index in [1.54, 1.807) is 17.1 Å². The molecule has 0 saturated heterocycles. The first-order valence-electron chi connectivity index (χ1n) is 7.26. The maximum absolute atomic E-state index is 14.3. The zero-order valence-electron chi connectivity index (χ0n) is 12.4. The number of alkyl halides is 2. The molecule has 1 aromatic carbocycles. The summed E-state index contributed by atoms with van der Waals surface area (Å²) in [5.41, 5.74) is 0.382. The molecule has 9 heteroatoms. The highest BCUT2D eigenvalue weighted by Crippen LogP contribution is 2.28. The number of H-pyrrole nitrogens is 2. The van der Waals surface area contributed by atoms with E-state index in [0.29, 0.717) is 24.8 Å². The SMILES string of the molecule is O=C(NN1CCCc2ccccc21)C(F)(F)c1c[nH]c(=O)[nH]c1=O. The topological polar surface area (TPSA) is 98.1 Å². The van der Waals surface area contributed by atoms with E-state index in [4.69, 9.17) is 0 Å². The van der Waals surface area contributed by atoms with Crippen molar-refractivity contribution in [3.05, 3.63) is 62.4 Å². The number of nitrogens with one attached hydrogen (secondary N) is 3. The fourth-order valence-electron chi connectivity index (χ4n) is 2.61. The van der Waals surface area contributed by atoms with Gasteiger partial charge in [0.15, 0.2) is 0 Å². The Balaban J connectivity index is 1.87. The number of aryl methyl sites for hydroxylation is 1. The lowest BCUT2D eigenvalue weighted by Gasteiger charge is -2.32. The number of rotatable bonds is 3. The van der Waals surface area contributed by atoms with Crippen LogP contribution in [0.5, 0.6) is 0 Å². The van der Waals surface area contributed by atoms with Crippen molar-refractivity contribution >= 4 is 11.6 Å². The number of carbonyl (C=O) groups excluding carboxylic acids is 1. The Hall–Kier alpha value is -2.97. The second-order valence-electron chi connectivity index (χ2n) is 5.38. The lowest BCUT2D eigenvalue weighted by atomic mass is 10.0. The third-order valence-corrected chi connectivity index (χ3v) is 3.79. The van der Waals surface area contributed by atoms with Crippen LogP contribution < -0.4 is 21.7 Å². The molecule has 0 unspecified atom stereocenters. The molecule has 0 aliphatic carbocycles. The highest BCUT2D eigenvalue weighted by molar-refractivity contribution is 5.86. The molecule has 0 atom stereocenters. The van der Waals surface area contributed by atoms with E-state index in [0.717, 1.165) is 12.0 Å². The molecule has 2 heterocycles. The number of benzene rings is 1. The summed E-state index contributed by atoms with van der Waals surface area (Å²) in [6.07, 6.45) is 2.03. The molecule has 1 amide bonds. The summed E-state index contributed by atoms with van der Waals surface area (Å²) < 4.78 is 28.6. The first-order chi connectivity index (χ1) is 11.4. The molecular weight excluding hydrogens is 322 g/mol. The van der Waals surface area contributed by atoms with Crippen LogP contribution in [0.25, 0.3) is 0 Å². The van der Waals surface area contributed by atoms with Crippen molar-refractivity contribution < 1.29 is 13.6 Å². The average molecular weight is 336 g/mol. The molecule has 1 aromatic heterocycles. The minimum Gasteiger partial charge on any atom is -0.314 e. The minimum atomic E-state index is -4.09. The van der Waals surface area contributed by atoms with Crippen LogP contribution in [0, 0.1) is 0 Å². The van der Waals surface area contributed by atoms with Crippen LogP contribution in [0.2, 0.25) is 0 Å². The first kappa shape index (κ1) is 15.9. The van der Waals surface area contributed by atoms with Crippen LogP contribution >= 0.6 is 0 Å². The van der Waals surface area contributed by atoms with Gasteiger partial charge in [0.25, 0.3) is 5.56 Å². The third kappa shape index (κ3) is 2.80. The number of hydrazine groups is 1. The Labute approximate surface area is 134 Å². The Morgan fingerprint density at radius 2 is 2.00 bits per heavy atom. The summed E-state index contributed by atoms with van der Waals surface area (Å²) in [6, 6.07) is 7.16. The Morgan fingerprint density at radius 1 is 1.25 bits per heavy atom. The van der Waals surface area contributed by atoms with Gasteiger partial charge in [-0.25, -0.2) is 4.79 Å². The van der Waals surface area contributed by atoms with Crippen molar-refractivity contribution in [2.24, 2.45) is 0 Å². The van der Waals surface area contributed by atoms with Crippen LogP contribution in [0.3, 0.4) is 0 Å². The second kappa shape index (κ2) is 5.91. The minimum absolute atomic E-state index is 0.376. The van der Waals surface area contributed by atoms with Crippen molar-refractivity contribution in [3.8, 4) is 0 Å². The number of hydrogen-bond donors (Lipinski definition) is 3. The normalized spacial score (nSPS) is 14.2. The molecule has 0 radical (unpaired) electrons. The van der Waals surface area contributed by atoms with Gasteiger partial charge in [-0.15, -0.1) is 0 Å². The number of fused-ring (bicyclic) bond motifs is 1. The summed E-state index contributed by atoms with van der Waals surface area (Å²) >= 11 is 0. The Morgan fingerprint density at radius 3 is 2.75 bits per heavy atom. The van der Waals surface area contributed by atoms with Crippen LogP contribution in [-0.2, 0) is 17.1 Å². The van der Waals surface area contributed by atoms with Crippen molar-refractivity contribution in [2.75, 3.05) is 11.6 Å². The maximum atomic E-state index is 14.3. The number of halogens is 2. The van der Waals surface area contributed by atoms with Crippen LogP contribution in [0.15, 0.2) is 40.1 Å². The second-order valence-corrected chi connectivity index (χ2v) is 5.38. The standard InChI is InChI=1S/C15H14F2N4O3/c16-15(17,10-8-18-14(24)19-12(10)22)13(23)20-21-7-3-5-9-4-1-2-6-11(9)21/h1-2,4,6,8H,3,5,7H2,(H,20,23)(H2,18,19,22,24). The van der Waals surface area contributed by atoms with Crippen LogP contribution in [0.4, 0.5) is 14.5 Å². The van der Waals surface area contributed by atoms with Gasteiger partial charge in [-0.05, 0) is 24.5 Å². The van der Waals surface area contributed by atoms with Gasteiger partial charge in [-0.1, -0.05) is 18.2 Å². The summed E-state index contributed by atoms with van der Waals surface area (Å²) in [6.45, 7) is 0.376. The zero-order chi connectivity index (χ0) is 17.3. The number of aromatic nitrogens is 2. The number of para-hydroxylation sites is 1. The van der Waals surface area contributed by atoms with E-state index in [1.165, 1.54) is 5.01 Å². The van der Waals surface area contributed by atoms with Crippen LogP contribution in [0.1, 0.15) is 17.5 Å². The highest BCUT2D eigenvalue weighted by Gasteiger charge is 2.44. The average Bonchev–Trinajstić information content (AvgIpc) is 2.54. The Kier molecular flexibility index (Phi) is 3.92. The fourth-order valence-corrected chi connectivity index (χ4v) is 2.61. The molecular formula is C15H14F2N4O3. The molecule has 3 rings (SSSR count). The quantitative estimate of drug-likeness (QED) is 0.766. The number of hydrogen-bond acceptors (Lipinski definition) is 4. The van der Waals surface area contributed by atoms with E-state index < -0.39 is 28.6 Å². The van der Waals surface area contributed by atoms with Gasteiger partial charge in [0, 0.05) is 12.7 Å². The molecule has 0 saturated carbocycles. The Bertz CT molecular complexity index is 891. The maximum Gasteiger partial charge on any atom is 0.358 e. The van der Waals surface area contributed by atoms with E-state index in [9.17, 15) is 23.2 Å². The zero-order valence-corrected chi connectivity index (χ0v) is 12.4. The summed E-state index contributed by atoms with van der Waals surface area (Å²) in [5.74, 6) is -5.73. The molecule has 7 nitrogen and oxygen atoms in total. The number of carbonyl (C=O) groups is 1. The lowest BCUT2D eigenvalue weighted by molar-refractivity contribution is -0.147. The lowest BCUT2D eigenvalue weighted by Crippen LogP contribution is -2.51. The van der Waals surface area contributed by atoms with Gasteiger partial charge in [-0.2, -0.15) is 8.78 Å². The summed E-state index contributed by atoms with van der Waals surface area (Å²) in [5, 5.41) is 1.34. The largest absolute Gasteiger partial charge is 0.358 e. The monoisotopic (exact) mass is 336 g/mol. The molecule has 0 fully saturated rings. The molecule has 0 spiro atoms. The van der Waals surface area contributed by atoms with Gasteiger partial charge in [0.1, 0.15) is 5.56 Å². The fraction of sp³-hybridized carbons (Fsp3) is 0.267. The third-order valence-electron chi connectivity index (χ3n) is 3.79. The molecule has 0 bridgehead atoms. The molecule has 3 N–H and O–H groups in total. The predicted molar refractivity (Wildman–Crippen MR) is 81.8 cm³/mol. The highest BCUT2D eigenvalue weighted by atomic mass is 19.3. The summed E-state index contributed by atoms with van der Waals surface area (Å²) in [4.78, 5) is 38.1. The summed E-state index contributed by atoms with van der Waals surface area (Å²) in [7, 11) is 0. The van der Waals surface area contributed by atoms with E-state index in [2.05, 4.69) is 5.43 Å². The van der Waals surface area contributed by atoms with Crippen molar-refractivity contribution in [1.82, 2.24) is 15.4 Å². The molecule has 126 valence electrons. The molecule has 1 aliphatic rings. The number of anilines is 1. The number of aromatic amines is 2. The van der Waals surface area contributed by atoms with E-state index in [1.807, 2.05) is 17.1 Å². The van der Waals surface area contributed by atoms with Crippen molar-refractivity contribution in [1.29, 1.82) is 0 Å². The predicted octanol–water partition coefficient (Wildman–Crippen LogP) is 0.639. The van der Waals surface area contributed by atoms with Gasteiger partial charge >= 0.3 is 17.5 Å². The number of amides is 1. The van der Waals surface area contributed by atoms with Gasteiger partial charge in [0.2, 0.25) is 0 Å². The van der Waals surface area contributed by atoms with Gasteiger partial charge in [0.05, 0.1) is 5.69 Å². The van der Waals surface area contributed by atoms with E-state index >= 15 is 0 Å². The van der Waals surface area contributed by atoms with Crippen molar-refractivity contribution in [3.63, 3.8) is 0 Å². The van der Waals surface area contributed by atoms with E-state index in [-0.39, 0.29) is 0 Å². The smallest absolute Gasteiger partial charge is 0.314 e. The number of nitrogens with zero attached hydrogens (tertiary/aromatic N) is 1. The first-order valence-corrected chi connectivity index (χ1v) is 7.26. The van der Waals surface area contributed by atoms with Gasteiger partial charge in [-0.3, -0.25) is 25.0 Å². The van der Waals surface area contributed by atoms with Gasteiger partial charge < -0.3 is 4.98 Å². The van der Waals surface area contributed by atoms with Crippen molar-refractivity contribution in [2.45, 2.75) is 18.8 Å². The van der Waals surface area contributed by atoms with Crippen LogP contribution in [-0.4, -0.2) is 22.4 Å². The molecule has 24 heavy (non-hydrogen) atoms.